The summed E-state index contributed by atoms with van der Waals surface area (Å²) >= 11 is -0.750. The van der Waals surface area contributed by atoms with Gasteiger partial charge in [0.15, 0.2) is 5.65 Å². The van der Waals surface area contributed by atoms with Crippen LogP contribution in [0.4, 0.5) is 5.95 Å². The molecule has 0 aliphatic rings. The van der Waals surface area contributed by atoms with Crippen LogP contribution in [-0.4, -0.2) is 28.0 Å². The maximum absolute atomic E-state index is 8.29. The van der Waals surface area contributed by atoms with Crippen LogP contribution >= 0.6 is 0 Å². The van der Waals surface area contributed by atoms with E-state index in [4.69, 9.17) is 8.42 Å². The minimum Gasteiger partial charge on any atom is -0.350 e. The number of rotatable bonds is 5. The van der Waals surface area contributed by atoms with Gasteiger partial charge in [-0.1, -0.05) is 68.4 Å². The number of anilines is 1. The van der Waals surface area contributed by atoms with E-state index < -0.39 is 11.6 Å². The summed E-state index contributed by atoms with van der Waals surface area (Å²) in [4.78, 5) is 9.16. The van der Waals surface area contributed by atoms with E-state index in [1.54, 1.807) is 4.52 Å². The number of benzene rings is 2. The highest BCUT2D eigenvalue weighted by Crippen LogP contribution is 2.25. The molecule has 0 bridgehead atoms. The molecule has 0 amide bonds. The lowest BCUT2D eigenvalue weighted by Gasteiger charge is -2.12. The van der Waals surface area contributed by atoms with Crippen LogP contribution in [0.2, 0.25) is 0 Å². The van der Waals surface area contributed by atoms with Crippen molar-refractivity contribution in [3.8, 4) is 11.1 Å². The molecule has 2 aromatic heterocycles. The molecule has 0 atom stereocenters. The van der Waals surface area contributed by atoms with Gasteiger partial charge in [-0.05, 0) is 29.5 Å². The molecule has 0 aliphatic heterocycles. The van der Waals surface area contributed by atoms with Crippen molar-refractivity contribution in [3.05, 3.63) is 77.7 Å². The first-order chi connectivity index (χ1) is 14.5. The number of nitrogens with zero attached hydrogens (tertiary/aromatic N) is 4. The summed E-state index contributed by atoms with van der Waals surface area (Å²) in [7, 11) is 0. The molecule has 8 heteroatoms. The number of nitrogens with one attached hydrogen (secondary N) is 1. The Morgan fingerprint density at radius 1 is 1.00 bits per heavy atom. The number of aryl methyl sites for hydroxylation is 1. The van der Waals surface area contributed by atoms with Crippen LogP contribution in [0.3, 0.4) is 0 Å². The highest BCUT2D eigenvalue weighted by molar-refractivity contribution is 7.51. The van der Waals surface area contributed by atoms with E-state index in [9.17, 15) is 0 Å². The Kier molecular flexibility index (Phi) is 7.03. The van der Waals surface area contributed by atoms with Crippen molar-refractivity contribution in [2.24, 2.45) is 0 Å². The van der Waals surface area contributed by atoms with Crippen LogP contribution in [0.5, 0.6) is 0 Å². The minimum atomic E-state index is -0.750. The van der Waals surface area contributed by atoms with Crippen molar-refractivity contribution in [1.29, 1.82) is 0 Å². The second-order valence-electron chi connectivity index (χ2n) is 7.03. The smallest absolute Gasteiger partial charge is 0.335 e. The maximum Gasteiger partial charge on any atom is 0.335 e. The molecule has 0 saturated heterocycles. The van der Waals surface area contributed by atoms with E-state index in [0.717, 1.165) is 17.0 Å². The average Bonchev–Trinajstić information content (AvgIpc) is 3.17. The molecule has 4 rings (SSSR count). The molecule has 0 fully saturated rings. The van der Waals surface area contributed by atoms with E-state index >= 15 is 0 Å². The standard InChI is InChI=1S/C22H23N5.O2S/c1-15(2)20-14-24-27-21(20)25-16(3)26-22(27)23-13-18-11-7-8-12-19(18)17-9-5-4-6-10-17;1-3-2/h4-12,14-15H,13H2,1-3H3,(H,23,25,26);. The minimum absolute atomic E-state index is 0.364. The Hall–Kier alpha value is -3.39. The molecule has 2 aromatic carbocycles. The Morgan fingerprint density at radius 3 is 2.37 bits per heavy atom. The molecule has 2 heterocycles. The van der Waals surface area contributed by atoms with Gasteiger partial charge >= 0.3 is 11.6 Å². The summed E-state index contributed by atoms with van der Waals surface area (Å²) < 4.78 is 18.4. The zero-order valence-corrected chi connectivity index (χ0v) is 17.9. The zero-order chi connectivity index (χ0) is 21.5. The normalized spacial score (nSPS) is 10.5. The summed E-state index contributed by atoms with van der Waals surface area (Å²) in [5, 5.41) is 7.96. The molecule has 154 valence electrons. The molecule has 1 N–H and O–H groups in total. The van der Waals surface area contributed by atoms with Gasteiger partial charge in [-0.15, -0.1) is 0 Å². The third-order valence-corrected chi connectivity index (χ3v) is 4.67. The fourth-order valence-electron chi connectivity index (χ4n) is 3.27. The molecule has 0 saturated carbocycles. The first-order valence-corrected chi connectivity index (χ1v) is 10.2. The van der Waals surface area contributed by atoms with Crippen LogP contribution in [-0.2, 0) is 18.1 Å². The molecule has 0 spiro atoms. The van der Waals surface area contributed by atoms with Crippen LogP contribution in [0, 0.1) is 6.92 Å². The summed E-state index contributed by atoms with van der Waals surface area (Å²) in [5.41, 5.74) is 5.64. The van der Waals surface area contributed by atoms with Crippen LogP contribution in [0.15, 0.2) is 60.8 Å². The van der Waals surface area contributed by atoms with E-state index in [0.29, 0.717) is 18.4 Å². The third kappa shape index (κ3) is 4.77. The van der Waals surface area contributed by atoms with E-state index in [2.05, 4.69) is 82.8 Å². The van der Waals surface area contributed by atoms with Gasteiger partial charge in [-0.3, -0.25) is 0 Å². The van der Waals surface area contributed by atoms with Gasteiger partial charge in [0.05, 0.1) is 6.20 Å². The number of aromatic nitrogens is 4. The fourth-order valence-corrected chi connectivity index (χ4v) is 3.27. The van der Waals surface area contributed by atoms with Crippen molar-refractivity contribution in [3.63, 3.8) is 0 Å². The monoisotopic (exact) mass is 421 g/mol. The Bertz CT molecular complexity index is 1170. The van der Waals surface area contributed by atoms with Gasteiger partial charge in [0, 0.05) is 12.1 Å². The van der Waals surface area contributed by atoms with Gasteiger partial charge in [0.25, 0.3) is 0 Å². The summed E-state index contributed by atoms with van der Waals surface area (Å²) in [6, 6.07) is 18.9. The van der Waals surface area contributed by atoms with Crippen molar-refractivity contribution < 1.29 is 8.42 Å². The van der Waals surface area contributed by atoms with E-state index in [1.165, 1.54) is 16.7 Å². The van der Waals surface area contributed by atoms with Crippen LogP contribution < -0.4 is 5.32 Å². The quantitative estimate of drug-likeness (QED) is 0.520. The molecule has 7 nitrogen and oxygen atoms in total. The SMILES string of the molecule is Cc1nc(NCc2ccccc2-c2ccccc2)n2ncc(C(C)C)c2n1.O=S=O. The van der Waals surface area contributed by atoms with Crippen molar-refractivity contribution in [2.75, 3.05) is 5.32 Å². The summed E-state index contributed by atoms with van der Waals surface area (Å²) in [5.74, 6) is 1.82. The first-order valence-electron chi connectivity index (χ1n) is 9.56. The Labute approximate surface area is 178 Å². The van der Waals surface area contributed by atoms with Crippen molar-refractivity contribution in [2.45, 2.75) is 33.2 Å². The molecule has 4 aromatic rings. The number of hydrogen-bond acceptors (Lipinski definition) is 6. The van der Waals surface area contributed by atoms with Gasteiger partial charge in [0.1, 0.15) is 5.82 Å². The predicted octanol–water partition coefficient (Wildman–Crippen LogP) is 4.17. The first kappa shape index (κ1) is 21.3. The van der Waals surface area contributed by atoms with E-state index in [1.807, 2.05) is 19.2 Å². The molecular weight excluding hydrogens is 398 g/mol. The van der Waals surface area contributed by atoms with Gasteiger partial charge in [-0.25, -0.2) is 4.98 Å². The highest BCUT2D eigenvalue weighted by Gasteiger charge is 2.14. The Balaban J connectivity index is 0.000000806. The second-order valence-corrected chi connectivity index (χ2v) is 7.17. The largest absolute Gasteiger partial charge is 0.350 e. The number of fused-ring (bicyclic) bond motifs is 1. The van der Waals surface area contributed by atoms with Gasteiger partial charge < -0.3 is 5.32 Å². The topological polar surface area (TPSA) is 89.2 Å². The fraction of sp³-hybridized carbons (Fsp3) is 0.227. The summed E-state index contributed by atoms with van der Waals surface area (Å²) in [6.45, 7) is 6.88. The number of hydrogen-bond donors (Lipinski definition) is 1. The van der Waals surface area contributed by atoms with Gasteiger partial charge in [0.2, 0.25) is 5.95 Å². The molecular formula is C22H23N5O2S. The van der Waals surface area contributed by atoms with Crippen molar-refractivity contribution >= 4 is 23.2 Å². The second kappa shape index (κ2) is 9.89. The molecule has 0 unspecified atom stereocenters. The van der Waals surface area contributed by atoms with E-state index in [-0.39, 0.29) is 0 Å². The molecule has 0 radical (unpaired) electrons. The lowest BCUT2D eigenvalue weighted by molar-refractivity contribution is 0.630. The molecule has 30 heavy (non-hydrogen) atoms. The van der Waals surface area contributed by atoms with Crippen molar-refractivity contribution in [1.82, 2.24) is 19.6 Å². The predicted molar refractivity (Wildman–Crippen MR) is 118 cm³/mol. The van der Waals surface area contributed by atoms with Crippen LogP contribution in [0.1, 0.15) is 36.7 Å². The third-order valence-electron chi connectivity index (χ3n) is 4.67. The highest BCUT2D eigenvalue weighted by atomic mass is 32.1. The average molecular weight is 422 g/mol. The van der Waals surface area contributed by atoms with Gasteiger partial charge in [-0.2, -0.15) is 23.0 Å². The summed E-state index contributed by atoms with van der Waals surface area (Å²) in [6.07, 6.45) is 1.89. The zero-order valence-electron chi connectivity index (χ0n) is 17.1. The Morgan fingerprint density at radius 2 is 1.67 bits per heavy atom. The lowest BCUT2D eigenvalue weighted by atomic mass is 10.00. The lowest BCUT2D eigenvalue weighted by Crippen LogP contribution is -2.10. The van der Waals surface area contributed by atoms with Crippen LogP contribution in [0.25, 0.3) is 16.8 Å². The molecule has 0 aliphatic carbocycles. The maximum atomic E-state index is 8.29.